The quantitative estimate of drug-likeness (QED) is 0.102. The van der Waals surface area contributed by atoms with Crippen LogP contribution in [0.4, 0.5) is 5.69 Å². The maximum Gasteiger partial charge on any atom is 0.224 e. The van der Waals surface area contributed by atoms with E-state index in [1.807, 2.05) is 35.2 Å². The number of ether oxygens (including phenoxy) is 2. The second-order valence-electron chi connectivity index (χ2n) is 10.7. The Morgan fingerprint density at radius 2 is 1.55 bits per heavy atom. The molecule has 0 saturated heterocycles. The smallest absolute Gasteiger partial charge is 0.224 e. The minimum Gasteiger partial charge on any atom is -0.493 e. The number of aromatic nitrogens is 1. The first-order valence-corrected chi connectivity index (χ1v) is 16.1. The lowest BCUT2D eigenvalue weighted by Gasteiger charge is -2.22. The van der Waals surface area contributed by atoms with E-state index in [0.29, 0.717) is 18.9 Å². The molecule has 2 aromatic carbocycles. The van der Waals surface area contributed by atoms with E-state index in [0.717, 1.165) is 35.5 Å². The van der Waals surface area contributed by atoms with Crippen molar-refractivity contribution in [1.82, 2.24) is 0 Å². The highest BCUT2D eigenvalue weighted by Crippen LogP contribution is 2.30. The third-order valence-corrected chi connectivity index (χ3v) is 7.99. The van der Waals surface area contributed by atoms with Crippen molar-refractivity contribution < 1.29 is 18.8 Å². The molecule has 0 N–H and O–H groups in total. The largest absolute Gasteiger partial charge is 0.493 e. The zero-order valence-corrected chi connectivity index (χ0v) is 25.7. The molecule has 1 heterocycles. The number of rotatable bonds is 20. The van der Waals surface area contributed by atoms with Crippen LogP contribution in [-0.2, 0) is 17.9 Å². The number of carbonyl (C=O) groups is 1. The molecular weight excluding hydrogens is 516 g/mol. The van der Waals surface area contributed by atoms with E-state index in [-0.39, 0.29) is 5.91 Å². The van der Waals surface area contributed by atoms with Crippen molar-refractivity contribution in [2.45, 2.75) is 104 Å². The van der Waals surface area contributed by atoms with Crippen LogP contribution in [0.2, 0.25) is 0 Å². The fraction of sp³-hybridized carbons (Fsp3) is 0.529. The van der Waals surface area contributed by atoms with E-state index < -0.39 is 0 Å². The molecule has 40 heavy (non-hydrogen) atoms. The fourth-order valence-electron chi connectivity index (χ4n) is 5.01. The number of thiazole rings is 1. The highest BCUT2D eigenvalue weighted by Gasteiger charge is 2.15. The van der Waals surface area contributed by atoms with Gasteiger partial charge in [0.25, 0.3) is 0 Å². The number of carbonyl (C=O) groups excluding carboxylic acids is 1. The summed E-state index contributed by atoms with van der Waals surface area (Å²) >= 11 is 1.67. The van der Waals surface area contributed by atoms with Gasteiger partial charge in [-0.05, 0) is 36.2 Å². The molecule has 0 fully saturated rings. The van der Waals surface area contributed by atoms with Gasteiger partial charge in [0.15, 0.2) is 24.2 Å². The maximum absolute atomic E-state index is 12.6. The molecule has 0 radical (unpaired) electrons. The van der Waals surface area contributed by atoms with Gasteiger partial charge in [-0.1, -0.05) is 107 Å². The molecule has 0 unspecified atom stereocenters. The number of amides is 1. The van der Waals surface area contributed by atoms with Crippen molar-refractivity contribution in [3.05, 3.63) is 70.7 Å². The highest BCUT2D eigenvalue weighted by molar-refractivity contribution is 7.07. The van der Waals surface area contributed by atoms with E-state index in [2.05, 4.69) is 40.7 Å². The van der Waals surface area contributed by atoms with E-state index >= 15 is 0 Å². The summed E-state index contributed by atoms with van der Waals surface area (Å²) in [4.78, 5) is 14.4. The summed E-state index contributed by atoms with van der Waals surface area (Å²) in [7, 11) is 1.67. The molecule has 0 bridgehead atoms. The van der Waals surface area contributed by atoms with Gasteiger partial charge >= 0.3 is 0 Å². The molecular formula is C34H49N2O3S+. The van der Waals surface area contributed by atoms with Gasteiger partial charge in [0.2, 0.25) is 11.4 Å². The number of nitrogens with zero attached hydrogens (tertiary/aromatic N) is 2. The molecule has 0 aliphatic rings. The van der Waals surface area contributed by atoms with Crippen molar-refractivity contribution in [1.29, 1.82) is 0 Å². The SMILES string of the molecule is CCCCCCCCCCCCCCOc1ccc(CN(C(C)=O)c2cccc(C[n+]3ccsc3)c2)cc1OC. The predicted molar refractivity (Wildman–Crippen MR) is 166 cm³/mol. The molecule has 3 rings (SSSR count). The third-order valence-electron chi connectivity index (χ3n) is 7.32. The van der Waals surface area contributed by atoms with Crippen LogP contribution in [0.25, 0.3) is 0 Å². The second-order valence-corrected chi connectivity index (χ2v) is 11.5. The highest BCUT2D eigenvalue weighted by atomic mass is 32.1. The van der Waals surface area contributed by atoms with Gasteiger partial charge in [0.05, 0.1) is 25.6 Å². The lowest BCUT2D eigenvalue weighted by Crippen LogP contribution is -2.31. The molecule has 1 aromatic heterocycles. The van der Waals surface area contributed by atoms with Gasteiger partial charge in [-0.25, -0.2) is 0 Å². The van der Waals surface area contributed by atoms with Gasteiger partial charge in [-0.3, -0.25) is 4.79 Å². The zero-order valence-electron chi connectivity index (χ0n) is 24.9. The first kappa shape index (κ1) is 31.7. The summed E-state index contributed by atoms with van der Waals surface area (Å²) in [5, 5.41) is 2.06. The lowest BCUT2D eigenvalue weighted by atomic mass is 10.1. The summed E-state index contributed by atoms with van der Waals surface area (Å²) < 4.78 is 13.9. The first-order chi connectivity index (χ1) is 19.6. The predicted octanol–water partition coefficient (Wildman–Crippen LogP) is 8.73. The van der Waals surface area contributed by atoms with Gasteiger partial charge in [-0.15, -0.1) is 0 Å². The van der Waals surface area contributed by atoms with Gasteiger partial charge < -0.3 is 14.4 Å². The Morgan fingerprint density at radius 3 is 2.17 bits per heavy atom. The van der Waals surface area contributed by atoms with E-state index in [1.165, 1.54) is 70.6 Å². The maximum atomic E-state index is 12.6. The van der Waals surface area contributed by atoms with E-state index in [1.54, 1.807) is 25.4 Å². The molecule has 0 aliphatic heterocycles. The molecule has 0 atom stereocenters. The average molecular weight is 566 g/mol. The molecule has 0 spiro atoms. The summed E-state index contributed by atoms with van der Waals surface area (Å²) in [6.07, 6.45) is 18.0. The molecule has 1 amide bonds. The standard InChI is InChI=1S/C34H49N2O3S/c1-4-5-6-7-8-9-10-11-12-13-14-15-22-39-33-20-19-31(25-34(33)38-3)27-36(29(2)37)32-18-16-17-30(24-32)26-35-21-23-40-28-35/h16-21,23-25,28H,4-15,22,26-27H2,1-3H3/q+1. The van der Waals surface area contributed by atoms with Crippen LogP contribution in [-0.4, -0.2) is 19.6 Å². The van der Waals surface area contributed by atoms with Crippen LogP contribution < -0.4 is 18.9 Å². The molecule has 6 heteroatoms. The number of hydrogen-bond acceptors (Lipinski definition) is 4. The van der Waals surface area contributed by atoms with Crippen molar-refractivity contribution in [2.75, 3.05) is 18.6 Å². The lowest BCUT2D eigenvalue weighted by molar-refractivity contribution is -0.683. The Hall–Kier alpha value is -2.86. The van der Waals surface area contributed by atoms with Gasteiger partial charge in [0, 0.05) is 18.2 Å². The number of anilines is 1. The van der Waals surface area contributed by atoms with Gasteiger partial charge in [0.1, 0.15) is 0 Å². The van der Waals surface area contributed by atoms with Crippen LogP contribution in [0, 0.1) is 0 Å². The topological polar surface area (TPSA) is 42.7 Å². The summed E-state index contributed by atoms with van der Waals surface area (Å²) in [5.41, 5.74) is 5.14. The number of hydrogen-bond donors (Lipinski definition) is 0. The number of methoxy groups -OCH3 is 1. The Bertz CT molecular complexity index is 1120. The summed E-state index contributed by atoms with van der Waals surface area (Å²) in [6, 6.07) is 14.2. The third kappa shape index (κ3) is 11.3. The van der Waals surface area contributed by atoms with E-state index in [9.17, 15) is 4.79 Å². The molecule has 0 aliphatic carbocycles. The van der Waals surface area contributed by atoms with E-state index in [4.69, 9.17) is 9.47 Å². The minimum atomic E-state index is 0.00611. The second kappa shape index (κ2) is 18.5. The average Bonchev–Trinajstić information content (AvgIpc) is 3.47. The number of benzene rings is 2. The van der Waals surface area contributed by atoms with Crippen LogP contribution in [0.15, 0.2) is 59.6 Å². The van der Waals surface area contributed by atoms with Crippen LogP contribution in [0.1, 0.15) is 102 Å². The minimum absolute atomic E-state index is 0.00611. The van der Waals surface area contributed by atoms with Gasteiger partial charge in [-0.2, -0.15) is 4.57 Å². The summed E-state index contributed by atoms with van der Waals surface area (Å²) in [6.45, 7) is 5.84. The van der Waals surface area contributed by atoms with Crippen LogP contribution in [0.3, 0.4) is 0 Å². The first-order valence-electron chi connectivity index (χ1n) is 15.2. The Kier molecular flexibility index (Phi) is 14.6. The van der Waals surface area contributed by atoms with Crippen molar-refractivity contribution in [2.24, 2.45) is 0 Å². The van der Waals surface area contributed by atoms with Crippen LogP contribution >= 0.6 is 11.3 Å². The Balaban J connectivity index is 1.42. The van der Waals surface area contributed by atoms with Crippen molar-refractivity contribution in [3.8, 4) is 11.5 Å². The normalized spacial score (nSPS) is 11.0. The Labute approximate surface area is 246 Å². The summed E-state index contributed by atoms with van der Waals surface area (Å²) in [5.74, 6) is 1.48. The molecule has 5 nitrogen and oxygen atoms in total. The Morgan fingerprint density at radius 1 is 0.850 bits per heavy atom. The molecule has 3 aromatic rings. The van der Waals surface area contributed by atoms with Crippen LogP contribution in [0.5, 0.6) is 11.5 Å². The fourth-order valence-corrected chi connectivity index (χ4v) is 5.61. The number of unbranched alkanes of at least 4 members (excludes halogenated alkanes) is 11. The molecule has 218 valence electrons. The monoisotopic (exact) mass is 565 g/mol. The zero-order chi connectivity index (χ0) is 28.4. The molecule has 0 saturated carbocycles. The van der Waals surface area contributed by atoms with Crippen molar-refractivity contribution in [3.63, 3.8) is 0 Å². The van der Waals surface area contributed by atoms with Crippen molar-refractivity contribution >= 4 is 22.9 Å².